The van der Waals surface area contributed by atoms with E-state index in [0.29, 0.717) is 11.4 Å². The van der Waals surface area contributed by atoms with Crippen LogP contribution >= 0.6 is 11.6 Å². The minimum atomic E-state index is -4.41. The highest BCUT2D eigenvalue weighted by atomic mass is 35.5. The lowest BCUT2D eigenvalue weighted by atomic mass is 9.95. The van der Waals surface area contributed by atoms with Gasteiger partial charge >= 0.3 is 6.18 Å². The van der Waals surface area contributed by atoms with Gasteiger partial charge in [0.25, 0.3) is 0 Å². The molecule has 2 aromatic rings. The molecule has 0 amide bonds. The Morgan fingerprint density at radius 1 is 1.05 bits per heavy atom. The van der Waals surface area contributed by atoms with Crippen molar-refractivity contribution in [1.82, 2.24) is 5.43 Å². The first kappa shape index (κ1) is 15.8. The summed E-state index contributed by atoms with van der Waals surface area (Å²) in [4.78, 5) is 0. The summed E-state index contributed by atoms with van der Waals surface area (Å²) in [6.07, 6.45) is -4.08. The van der Waals surface area contributed by atoms with Crippen molar-refractivity contribution in [3.05, 3.63) is 70.2 Å². The maximum absolute atomic E-state index is 13.1. The number of benzene rings is 2. The van der Waals surface area contributed by atoms with Gasteiger partial charge in [0.2, 0.25) is 0 Å². The summed E-state index contributed by atoms with van der Waals surface area (Å²) in [6.45, 7) is 0. The lowest BCUT2D eigenvalue weighted by Crippen LogP contribution is -2.31. The molecule has 0 aliphatic heterocycles. The second kappa shape index (κ2) is 6.47. The Kier molecular flexibility index (Phi) is 4.88. The van der Waals surface area contributed by atoms with Gasteiger partial charge in [0.15, 0.2) is 0 Å². The van der Waals surface area contributed by atoms with Crippen molar-refractivity contribution in [2.75, 3.05) is 0 Å². The van der Waals surface area contributed by atoms with Crippen LogP contribution in [0.5, 0.6) is 0 Å². The predicted octanol–water partition coefficient (Wildman–Crippen LogP) is 4.11. The molecule has 2 nitrogen and oxygen atoms in total. The third kappa shape index (κ3) is 3.97. The zero-order valence-electron chi connectivity index (χ0n) is 11.0. The molecule has 21 heavy (non-hydrogen) atoms. The summed E-state index contributed by atoms with van der Waals surface area (Å²) in [5.41, 5.74) is 2.76. The fourth-order valence-corrected chi connectivity index (χ4v) is 2.30. The van der Waals surface area contributed by atoms with Crippen LogP contribution in [-0.4, -0.2) is 0 Å². The van der Waals surface area contributed by atoms with Crippen LogP contribution in [0.15, 0.2) is 48.5 Å². The molecule has 2 rings (SSSR count). The van der Waals surface area contributed by atoms with Gasteiger partial charge in [-0.15, -0.1) is 0 Å². The largest absolute Gasteiger partial charge is 0.416 e. The Balaban J connectivity index is 2.32. The van der Waals surface area contributed by atoms with E-state index >= 15 is 0 Å². The SMILES string of the molecule is NNC(Cc1ccc(Cl)cc1)c1ccccc1C(F)(F)F. The Morgan fingerprint density at radius 2 is 1.67 bits per heavy atom. The standard InChI is InChI=1S/C15H14ClF3N2/c16-11-7-5-10(6-8-11)9-14(21-20)12-3-1-2-4-13(12)15(17,18)19/h1-8,14,21H,9,20H2. The molecule has 1 unspecified atom stereocenters. The zero-order valence-corrected chi connectivity index (χ0v) is 11.7. The molecule has 0 aromatic heterocycles. The topological polar surface area (TPSA) is 38.0 Å². The molecule has 0 aliphatic carbocycles. The van der Waals surface area contributed by atoms with Crippen LogP contribution < -0.4 is 11.3 Å². The van der Waals surface area contributed by atoms with Gasteiger partial charge in [-0.3, -0.25) is 11.3 Å². The highest BCUT2D eigenvalue weighted by molar-refractivity contribution is 6.30. The molecule has 0 fully saturated rings. The second-order valence-electron chi connectivity index (χ2n) is 4.63. The molecule has 1 atom stereocenters. The van der Waals surface area contributed by atoms with E-state index in [-0.39, 0.29) is 5.56 Å². The third-order valence-electron chi connectivity index (χ3n) is 3.20. The van der Waals surface area contributed by atoms with Crippen LogP contribution in [0.25, 0.3) is 0 Å². The van der Waals surface area contributed by atoms with E-state index in [4.69, 9.17) is 17.4 Å². The van der Waals surface area contributed by atoms with Crippen molar-refractivity contribution in [3.63, 3.8) is 0 Å². The van der Waals surface area contributed by atoms with Crippen LogP contribution in [0.4, 0.5) is 13.2 Å². The number of nitrogens with one attached hydrogen (secondary N) is 1. The molecular formula is C15H14ClF3N2. The van der Waals surface area contributed by atoms with Gasteiger partial charge in [-0.25, -0.2) is 0 Å². The summed E-state index contributed by atoms with van der Waals surface area (Å²) < 4.78 is 39.2. The average molecular weight is 315 g/mol. The number of halogens is 4. The van der Waals surface area contributed by atoms with E-state index in [1.54, 1.807) is 30.3 Å². The Morgan fingerprint density at radius 3 is 2.24 bits per heavy atom. The molecule has 0 radical (unpaired) electrons. The number of rotatable bonds is 4. The first-order chi connectivity index (χ1) is 9.91. The minimum absolute atomic E-state index is 0.127. The van der Waals surface area contributed by atoms with Crippen LogP contribution in [0.3, 0.4) is 0 Å². The van der Waals surface area contributed by atoms with E-state index in [1.165, 1.54) is 12.1 Å². The smallest absolute Gasteiger partial charge is 0.271 e. The molecule has 6 heteroatoms. The Bertz CT molecular complexity index is 597. The van der Waals surface area contributed by atoms with Crippen LogP contribution in [0, 0.1) is 0 Å². The quantitative estimate of drug-likeness (QED) is 0.658. The zero-order chi connectivity index (χ0) is 15.5. The Hall–Kier alpha value is -1.56. The first-order valence-electron chi connectivity index (χ1n) is 6.28. The highest BCUT2D eigenvalue weighted by Gasteiger charge is 2.34. The first-order valence-corrected chi connectivity index (χ1v) is 6.66. The van der Waals surface area contributed by atoms with Crippen molar-refractivity contribution in [2.45, 2.75) is 18.6 Å². The fourth-order valence-electron chi connectivity index (χ4n) is 2.17. The number of nitrogens with two attached hydrogens (primary N) is 1. The molecule has 0 saturated heterocycles. The number of hydrazine groups is 1. The van der Waals surface area contributed by atoms with Gasteiger partial charge in [0, 0.05) is 5.02 Å². The van der Waals surface area contributed by atoms with E-state index in [1.807, 2.05) is 0 Å². The van der Waals surface area contributed by atoms with Gasteiger partial charge in [-0.2, -0.15) is 13.2 Å². The van der Waals surface area contributed by atoms with Crippen LogP contribution in [0.2, 0.25) is 5.02 Å². The number of hydrogen-bond acceptors (Lipinski definition) is 2. The molecule has 0 bridgehead atoms. The molecule has 3 N–H and O–H groups in total. The molecular weight excluding hydrogens is 301 g/mol. The molecule has 112 valence electrons. The van der Waals surface area contributed by atoms with Crippen LogP contribution in [0.1, 0.15) is 22.7 Å². The second-order valence-corrected chi connectivity index (χ2v) is 5.07. The predicted molar refractivity (Wildman–Crippen MR) is 76.7 cm³/mol. The normalized spacial score (nSPS) is 13.2. The Labute approximate surface area is 125 Å². The molecule has 0 spiro atoms. The fraction of sp³-hybridized carbons (Fsp3) is 0.200. The van der Waals surface area contributed by atoms with Crippen molar-refractivity contribution in [3.8, 4) is 0 Å². The summed E-state index contributed by atoms with van der Waals surface area (Å²) in [6, 6.07) is 11.7. The van der Waals surface area contributed by atoms with Crippen LogP contribution in [-0.2, 0) is 12.6 Å². The molecule has 0 saturated carbocycles. The molecule has 0 aliphatic rings. The summed E-state index contributed by atoms with van der Waals surface area (Å²) in [7, 11) is 0. The van der Waals surface area contributed by atoms with Gasteiger partial charge < -0.3 is 0 Å². The van der Waals surface area contributed by atoms with Gasteiger partial charge in [0.05, 0.1) is 11.6 Å². The van der Waals surface area contributed by atoms with Gasteiger partial charge in [0.1, 0.15) is 0 Å². The minimum Gasteiger partial charge on any atom is -0.271 e. The summed E-state index contributed by atoms with van der Waals surface area (Å²) >= 11 is 5.80. The van der Waals surface area contributed by atoms with Crippen molar-refractivity contribution in [2.24, 2.45) is 5.84 Å². The third-order valence-corrected chi connectivity index (χ3v) is 3.45. The number of alkyl halides is 3. The van der Waals surface area contributed by atoms with E-state index in [0.717, 1.165) is 11.6 Å². The number of hydrogen-bond donors (Lipinski definition) is 2. The van der Waals surface area contributed by atoms with E-state index in [2.05, 4.69) is 5.43 Å². The lowest BCUT2D eigenvalue weighted by molar-refractivity contribution is -0.138. The molecule has 2 aromatic carbocycles. The lowest BCUT2D eigenvalue weighted by Gasteiger charge is -2.21. The van der Waals surface area contributed by atoms with Gasteiger partial charge in [-0.1, -0.05) is 41.9 Å². The van der Waals surface area contributed by atoms with Crippen molar-refractivity contribution in [1.29, 1.82) is 0 Å². The maximum atomic E-state index is 13.1. The average Bonchev–Trinajstić information content (AvgIpc) is 2.46. The molecule has 0 heterocycles. The monoisotopic (exact) mass is 314 g/mol. The van der Waals surface area contributed by atoms with E-state index in [9.17, 15) is 13.2 Å². The van der Waals surface area contributed by atoms with Crippen molar-refractivity contribution >= 4 is 11.6 Å². The maximum Gasteiger partial charge on any atom is 0.416 e. The summed E-state index contributed by atoms with van der Waals surface area (Å²) in [5.74, 6) is 5.45. The summed E-state index contributed by atoms with van der Waals surface area (Å²) in [5, 5.41) is 0.576. The van der Waals surface area contributed by atoms with E-state index < -0.39 is 17.8 Å². The van der Waals surface area contributed by atoms with Gasteiger partial charge in [-0.05, 0) is 35.7 Å². The van der Waals surface area contributed by atoms with Crippen molar-refractivity contribution < 1.29 is 13.2 Å². The highest BCUT2D eigenvalue weighted by Crippen LogP contribution is 2.35.